The fourth-order valence-corrected chi connectivity index (χ4v) is 3.37. The highest BCUT2D eigenvalue weighted by atomic mass is 19.4. The topological polar surface area (TPSA) is 80.0 Å². The number of hydrogen-bond donors (Lipinski definition) is 2. The number of nitrogens with one attached hydrogen (secondary N) is 1. The van der Waals surface area contributed by atoms with Gasteiger partial charge in [-0.2, -0.15) is 13.2 Å². The normalized spacial score (nSPS) is 16.4. The summed E-state index contributed by atoms with van der Waals surface area (Å²) in [6, 6.07) is 10.9. The summed E-state index contributed by atoms with van der Waals surface area (Å²) in [5, 5.41) is 13.3. The lowest BCUT2D eigenvalue weighted by molar-refractivity contribution is -0.141. The Balaban J connectivity index is 1.62. The average molecular weight is 418 g/mol. The molecule has 30 heavy (non-hydrogen) atoms. The van der Waals surface area contributed by atoms with Gasteiger partial charge in [0.25, 0.3) is 0 Å². The van der Waals surface area contributed by atoms with E-state index in [0.717, 1.165) is 18.9 Å². The molecular weight excluding hydrogens is 397 g/mol. The van der Waals surface area contributed by atoms with Gasteiger partial charge in [-0.05, 0) is 43.4 Å². The van der Waals surface area contributed by atoms with Gasteiger partial charge in [-0.3, -0.25) is 14.7 Å². The Morgan fingerprint density at radius 3 is 2.50 bits per heavy atom. The smallest absolute Gasteiger partial charge is 0.385 e. The number of aliphatic hydroxyl groups is 1. The summed E-state index contributed by atoms with van der Waals surface area (Å²) < 4.78 is 40.8. The van der Waals surface area contributed by atoms with Gasteiger partial charge in [-0.25, -0.2) is 9.97 Å². The molecule has 0 radical (unpaired) electrons. The number of nitrogens with zero attached hydrogens (tertiary/aromatic N) is 3. The molecule has 2 N–H and O–H groups in total. The molecular formula is C21H21F3N4O2. The number of anilines is 1. The zero-order valence-corrected chi connectivity index (χ0v) is 16.3. The van der Waals surface area contributed by atoms with Crippen molar-refractivity contribution in [3.63, 3.8) is 0 Å². The standard InChI is InChI=1S/C21H21F3N4O2/c1-20(30,14-5-3-2-4-6-14)11-17(29)27-19-25-15-9-10-16(21(22,23)24)26-18(15)28(19)12-13-7-8-13/h2-6,9-10,13,30H,7-8,11-12H2,1H3,(H,25,27,29)/t20-/m1/s1. The molecule has 0 aliphatic heterocycles. The highest BCUT2D eigenvalue weighted by Gasteiger charge is 2.34. The van der Waals surface area contributed by atoms with E-state index in [-0.39, 0.29) is 23.5 Å². The molecule has 4 rings (SSSR count). The van der Waals surface area contributed by atoms with Crippen LogP contribution in [-0.2, 0) is 23.1 Å². The van der Waals surface area contributed by atoms with Gasteiger partial charge in [0.1, 0.15) is 11.2 Å². The van der Waals surface area contributed by atoms with Gasteiger partial charge in [0.2, 0.25) is 11.9 Å². The predicted molar refractivity (Wildman–Crippen MR) is 105 cm³/mol. The molecule has 6 nitrogen and oxygen atoms in total. The maximum Gasteiger partial charge on any atom is 0.433 e. The van der Waals surface area contributed by atoms with Crippen LogP contribution in [0.5, 0.6) is 0 Å². The SMILES string of the molecule is C[C@@](O)(CC(=O)Nc1nc2ccc(C(F)(F)F)nc2n1CC1CC1)c1ccccc1. The molecule has 1 aromatic carbocycles. The van der Waals surface area contributed by atoms with Crippen molar-refractivity contribution < 1.29 is 23.1 Å². The van der Waals surface area contributed by atoms with E-state index in [4.69, 9.17) is 0 Å². The van der Waals surface area contributed by atoms with E-state index < -0.39 is 23.4 Å². The first-order chi connectivity index (χ1) is 14.1. The first kappa shape index (κ1) is 20.3. The van der Waals surface area contributed by atoms with Crippen LogP contribution in [0.15, 0.2) is 42.5 Å². The van der Waals surface area contributed by atoms with Crippen molar-refractivity contribution in [1.82, 2.24) is 14.5 Å². The van der Waals surface area contributed by atoms with Crippen molar-refractivity contribution in [2.75, 3.05) is 5.32 Å². The van der Waals surface area contributed by atoms with Crippen molar-refractivity contribution in [2.24, 2.45) is 5.92 Å². The Labute approximate surface area is 170 Å². The van der Waals surface area contributed by atoms with Crippen LogP contribution in [0.4, 0.5) is 19.1 Å². The van der Waals surface area contributed by atoms with Crippen LogP contribution in [0.2, 0.25) is 0 Å². The molecule has 1 aliphatic carbocycles. The zero-order valence-electron chi connectivity index (χ0n) is 16.3. The Hall–Kier alpha value is -2.94. The van der Waals surface area contributed by atoms with Crippen molar-refractivity contribution in [1.29, 1.82) is 0 Å². The summed E-state index contributed by atoms with van der Waals surface area (Å²) in [5.74, 6) is -0.0355. The Bertz CT molecular complexity index is 1070. The predicted octanol–water partition coefficient (Wildman–Crippen LogP) is 4.10. The van der Waals surface area contributed by atoms with Crippen LogP contribution in [0.25, 0.3) is 11.2 Å². The number of imidazole rings is 1. The highest BCUT2D eigenvalue weighted by Crippen LogP contribution is 2.35. The average Bonchev–Trinajstić information content (AvgIpc) is 3.43. The molecule has 2 aromatic heterocycles. The van der Waals surface area contributed by atoms with E-state index in [9.17, 15) is 23.1 Å². The number of alkyl halides is 3. The number of amides is 1. The van der Waals surface area contributed by atoms with Crippen LogP contribution < -0.4 is 5.32 Å². The van der Waals surface area contributed by atoms with Crippen molar-refractivity contribution in [2.45, 2.75) is 44.5 Å². The second-order valence-electron chi connectivity index (χ2n) is 7.89. The quantitative estimate of drug-likeness (QED) is 0.632. The minimum Gasteiger partial charge on any atom is -0.385 e. The molecule has 158 valence electrons. The Morgan fingerprint density at radius 1 is 1.17 bits per heavy atom. The van der Waals surface area contributed by atoms with Crippen LogP contribution in [0, 0.1) is 5.92 Å². The number of halogens is 3. The van der Waals surface area contributed by atoms with Crippen molar-refractivity contribution in [3.8, 4) is 0 Å². The van der Waals surface area contributed by atoms with Gasteiger partial charge in [0.05, 0.1) is 12.0 Å². The van der Waals surface area contributed by atoms with Gasteiger partial charge in [0, 0.05) is 6.54 Å². The number of benzene rings is 1. The lowest BCUT2D eigenvalue weighted by Crippen LogP contribution is -2.29. The molecule has 9 heteroatoms. The molecule has 1 amide bonds. The van der Waals surface area contributed by atoms with E-state index in [2.05, 4.69) is 15.3 Å². The summed E-state index contributed by atoms with van der Waals surface area (Å²) in [4.78, 5) is 20.7. The van der Waals surface area contributed by atoms with Gasteiger partial charge in [-0.1, -0.05) is 30.3 Å². The summed E-state index contributed by atoms with van der Waals surface area (Å²) in [6.45, 7) is 1.96. The molecule has 1 atom stereocenters. The van der Waals surface area contributed by atoms with E-state index >= 15 is 0 Å². The maximum absolute atomic E-state index is 13.1. The molecule has 2 heterocycles. The van der Waals surface area contributed by atoms with E-state index in [0.29, 0.717) is 18.0 Å². The minimum absolute atomic E-state index is 0.0850. The Morgan fingerprint density at radius 2 is 1.87 bits per heavy atom. The molecule has 0 saturated heterocycles. The third-order valence-electron chi connectivity index (χ3n) is 5.17. The molecule has 1 fully saturated rings. The lowest BCUT2D eigenvalue weighted by atomic mass is 9.92. The number of carbonyl (C=O) groups excluding carboxylic acids is 1. The summed E-state index contributed by atoms with van der Waals surface area (Å²) in [5.41, 5.74) is -1.46. The zero-order chi connectivity index (χ0) is 21.5. The fourth-order valence-electron chi connectivity index (χ4n) is 3.37. The summed E-state index contributed by atoms with van der Waals surface area (Å²) >= 11 is 0. The third-order valence-corrected chi connectivity index (χ3v) is 5.17. The lowest BCUT2D eigenvalue weighted by Gasteiger charge is -2.23. The fraction of sp³-hybridized carbons (Fsp3) is 0.381. The molecule has 0 unspecified atom stereocenters. The number of pyridine rings is 1. The van der Waals surface area contributed by atoms with Crippen LogP contribution >= 0.6 is 0 Å². The van der Waals surface area contributed by atoms with Crippen molar-refractivity contribution >= 4 is 23.0 Å². The molecule has 1 saturated carbocycles. The number of fused-ring (bicyclic) bond motifs is 1. The van der Waals surface area contributed by atoms with Gasteiger partial charge < -0.3 is 5.11 Å². The minimum atomic E-state index is -4.57. The first-order valence-electron chi connectivity index (χ1n) is 9.66. The van der Waals surface area contributed by atoms with E-state index in [1.807, 2.05) is 6.07 Å². The van der Waals surface area contributed by atoms with Crippen LogP contribution in [0.1, 0.15) is 37.4 Å². The van der Waals surface area contributed by atoms with E-state index in [1.165, 1.54) is 17.6 Å². The van der Waals surface area contributed by atoms with E-state index in [1.54, 1.807) is 24.3 Å². The van der Waals surface area contributed by atoms with Crippen molar-refractivity contribution in [3.05, 3.63) is 53.7 Å². The van der Waals surface area contributed by atoms with Gasteiger partial charge in [-0.15, -0.1) is 0 Å². The number of hydrogen-bond acceptors (Lipinski definition) is 4. The monoisotopic (exact) mass is 418 g/mol. The highest BCUT2D eigenvalue weighted by molar-refractivity contribution is 5.91. The number of aromatic nitrogens is 3. The number of carbonyl (C=O) groups is 1. The molecule has 1 aliphatic rings. The number of rotatable bonds is 6. The maximum atomic E-state index is 13.1. The summed E-state index contributed by atoms with van der Waals surface area (Å²) in [6.07, 6.45) is -2.87. The summed E-state index contributed by atoms with van der Waals surface area (Å²) in [7, 11) is 0. The van der Waals surface area contributed by atoms with Gasteiger partial charge in [0.15, 0.2) is 5.65 Å². The van der Waals surface area contributed by atoms with Gasteiger partial charge >= 0.3 is 6.18 Å². The second-order valence-corrected chi connectivity index (χ2v) is 7.89. The Kier molecular flexibility index (Phi) is 5.01. The van der Waals surface area contributed by atoms with Crippen LogP contribution in [-0.4, -0.2) is 25.5 Å². The molecule has 0 spiro atoms. The first-order valence-corrected chi connectivity index (χ1v) is 9.66. The van der Waals surface area contributed by atoms with Crippen LogP contribution in [0.3, 0.4) is 0 Å². The third kappa shape index (κ3) is 4.30. The molecule has 3 aromatic rings. The largest absolute Gasteiger partial charge is 0.433 e. The second kappa shape index (κ2) is 7.39. The molecule has 0 bridgehead atoms.